The van der Waals surface area contributed by atoms with Gasteiger partial charge in [0.15, 0.2) is 0 Å². The molecule has 0 aliphatic carbocycles. The van der Waals surface area contributed by atoms with Crippen molar-refractivity contribution in [2.75, 3.05) is 25.6 Å². The number of nitrogens with zero attached hydrogens (tertiary/aromatic N) is 1. The van der Waals surface area contributed by atoms with E-state index in [9.17, 15) is 5.11 Å². The van der Waals surface area contributed by atoms with E-state index < -0.39 is 5.60 Å². The Labute approximate surface area is 93.1 Å². The zero-order chi connectivity index (χ0) is 11.2. The topological polar surface area (TPSA) is 23.5 Å². The van der Waals surface area contributed by atoms with Gasteiger partial charge in [-0.1, -0.05) is 6.92 Å². The lowest BCUT2D eigenvalue weighted by molar-refractivity contribution is 0.0138. The molecule has 2 atom stereocenters. The van der Waals surface area contributed by atoms with Gasteiger partial charge in [-0.15, -0.1) is 0 Å². The van der Waals surface area contributed by atoms with Gasteiger partial charge in [-0.2, -0.15) is 11.8 Å². The molecule has 2 nitrogen and oxygen atoms in total. The summed E-state index contributed by atoms with van der Waals surface area (Å²) in [5.41, 5.74) is -0.539. The van der Waals surface area contributed by atoms with Crippen LogP contribution >= 0.6 is 11.8 Å². The maximum atomic E-state index is 9.92. The van der Waals surface area contributed by atoms with Crippen LogP contribution in [0.1, 0.15) is 33.6 Å². The maximum Gasteiger partial charge on any atom is 0.0743 e. The Bertz CT molecular complexity index is 150. The van der Waals surface area contributed by atoms with Crippen molar-refractivity contribution in [3.05, 3.63) is 0 Å². The van der Waals surface area contributed by atoms with Crippen molar-refractivity contribution in [3.63, 3.8) is 0 Å². The molecule has 0 saturated carbocycles. The molecule has 0 fully saturated rings. The maximum absolute atomic E-state index is 9.92. The van der Waals surface area contributed by atoms with Gasteiger partial charge in [-0.25, -0.2) is 0 Å². The Hall–Kier alpha value is 0.270. The summed E-state index contributed by atoms with van der Waals surface area (Å²) in [5, 5.41) is 9.92. The molecule has 0 saturated heterocycles. The lowest BCUT2D eigenvalue weighted by Gasteiger charge is -2.32. The van der Waals surface area contributed by atoms with Gasteiger partial charge >= 0.3 is 0 Å². The molecule has 0 aromatic carbocycles. The molecule has 0 spiro atoms. The number of rotatable bonds is 7. The van der Waals surface area contributed by atoms with Crippen LogP contribution in [-0.2, 0) is 0 Å². The predicted octanol–water partition coefficient (Wildman–Crippen LogP) is 2.22. The Morgan fingerprint density at radius 3 is 2.50 bits per heavy atom. The van der Waals surface area contributed by atoms with Crippen LogP contribution in [0.3, 0.4) is 0 Å². The summed E-state index contributed by atoms with van der Waals surface area (Å²) in [6.07, 6.45) is 4.14. The third-order valence-electron chi connectivity index (χ3n) is 2.84. The van der Waals surface area contributed by atoms with E-state index in [0.717, 1.165) is 13.0 Å². The van der Waals surface area contributed by atoms with E-state index in [1.165, 1.54) is 12.2 Å². The second kappa shape index (κ2) is 6.70. The first kappa shape index (κ1) is 14.3. The first-order valence-corrected chi connectivity index (χ1v) is 6.74. The fourth-order valence-electron chi connectivity index (χ4n) is 1.31. The molecule has 0 aliphatic heterocycles. The molecular weight excluding hydrogens is 194 g/mol. The highest BCUT2D eigenvalue weighted by Crippen LogP contribution is 2.13. The van der Waals surface area contributed by atoms with Gasteiger partial charge < -0.3 is 10.0 Å². The highest BCUT2D eigenvalue weighted by atomic mass is 32.2. The van der Waals surface area contributed by atoms with Crippen molar-refractivity contribution in [2.45, 2.75) is 45.3 Å². The van der Waals surface area contributed by atoms with Gasteiger partial charge in [-0.05, 0) is 45.7 Å². The van der Waals surface area contributed by atoms with Gasteiger partial charge in [0.1, 0.15) is 0 Å². The highest BCUT2D eigenvalue weighted by Gasteiger charge is 2.22. The molecule has 2 unspecified atom stereocenters. The van der Waals surface area contributed by atoms with Crippen LogP contribution in [0.4, 0.5) is 0 Å². The SMILES string of the molecule is CCC(C)(O)CN(C)C(C)CCSC. The summed E-state index contributed by atoms with van der Waals surface area (Å²) in [6, 6.07) is 0.556. The Morgan fingerprint density at radius 2 is 2.07 bits per heavy atom. The van der Waals surface area contributed by atoms with E-state index in [1.54, 1.807) is 0 Å². The third-order valence-corrected chi connectivity index (χ3v) is 3.49. The number of aliphatic hydroxyl groups is 1. The van der Waals surface area contributed by atoms with E-state index in [1.807, 2.05) is 25.6 Å². The highest BCUT2D eigenvalue weighted by molar-refractivity contribution is 7.98. The minimum Gasteiger partial charge on any atom is -0.389 e. The van der Waals surface area contributed by atoms with Crippen LogP contribution in [0.25, 0.3) is 0 Å². The minimum absolute atomic E-state index is 0.539. The van der Waals surface area contributed by atoms with Crippen LogP contribution in [0, 0.1) is 0 Å². The lowest BCUT2D eigenvalue weighted by Crippen LogP contribution is -2.42. The van der Waals surface area contributed by atoms with E-state index in [0.29, 0.717) is 6.04 Å². The zero-order valence-electron chi connectivity index (χ0n) is 10.2. The molecule has 0 bridgehead atoms. The number of thioether (sulfide) groups is 1. The summed E-state index contributed by atoms with van der Waals surface area (Å²) >= 11 is 1.88. The second-order valence-corrected chi connectivity index (χ2v) is 5.38. The fraction of sp³-hybridized carbons (Fsp3) is 1.00. The Balaban J connectivity index is 3.87. The monoisotopic (exact) mass is 219 g/mol. The van der Waals surface area contributed by atoms with Crippen molar-refractivity contribution in [1.29, 1.82) is 0 Å². The molecule has 0 aromatic rings. The van der Waals surface area contributed by atoms with Crippen molar-refractivity contribution in [1.82, 2.24) is 4.90 Å². The normalized spacial score (nSPS) is 18.2. The summed E-state index contributed by atoms with van der Waals surface area (Å²) in [7, 11) is 2.09. The summed E-state index contributed by atoms with van der Waals surface area (Å²) in [4.78, 5) is 2.25. The Morgan fingerprint density at radius 1 is 1.50 bits per heavy atom. The van der Waals surface area contributed by atoms with Gasteiger partial charge in [0.05, 0.1) is 5.60 Å². The first-order chi connectivity index (χ1) is 6.43. The van der Waals surface area contributed by atoms with Crippen molar-refractivity contribution in [2.24, 2.45) is 0 Å². The quantitative estimate of drug-likeness (QED) is 0.710. The lowest BCUT2D eigenvalue weighted by atomic mass is 10.0. The second-order valence-electron chi connectivity index (χ2n) is 4.40. The van der Waals surface area contributed by atoms with E-state index in [-0.39, 0.29) is 0 Å². The first-order valence-electron chi connectivity index (χ1n) is 5.34. The van der Waals surface area contributed by atoms with Gasteiger partial charge in [0.2, 0.25) is 0 Å². The number of hydrogen-bond acceptors (Lipinski definition) is 3. The van der Waals surface area contributed by atoms with Gasteiger partial charge in [0, 0.05) is 12.6 Å². The molecule has 0 aromatic heterocycles. The van der Waals surface area contributed by atoms with Gasteiger partial charge in [-0.3, -0.25) is 0 Å². The number of likely N-dealkylation sites (N-methyl/N-ethyl adjacent to an activating group) is 1. The molecule has 86 valence electrons. The van der Waals surface area contributed by atoms with Crippen molar-refractivity contribution in [3.8, 4) is 0 Å². The molecule has 0 rings (SSSR count). The molecule has 0 amide bonds. The molecule has 3 heteroatoms. The average Bonchev–Trinajstić information content (AvgIpc) is 2.13. The number of hydrogen-bond donors (Lipinski definition) is 1. The standard InChI is InChI=1S/C11H25NOS/c1-6-11(3,13)9-12(4)10(2)7-8-14-5/h10,13H,6-9H2,1-5H3. The van der Waals surface area contributed by atoms with Crippen LogP contribution in [-0.4, -0.2) is 47.3 Å². The smallest absolute Gasteiger partial charge is 0.0743 e. The summed E-state index contributed by atoms with van der Waals surface area (Å²) in [6.45, 7) is 6.92. The van der Waals surface area contributed by atoms with Crippen molar-refractivity contribution >= 4 is 11.8 Å². The Kier molecular flexibility index (Phi) is 6.83. The molecule has 0 heterocycles. The van der Waals surface area contributed by atoms with Crippen molar-refractivity contribution < 1.29 is 5.11 Å². The summed E-state index contributed by atoms with van der Waals surface area (Å²) < 4.78 is 0. The molecule has 14 heavy (non-hydrogen) atoms. The fourth-order valence-corrected chi connectivity index (χ4v) is 1.89. The average molecular weight is 219 g/mol. The van der Waals surface area contributed by atoms with Crippen LogP contribution in [0.15, 0.2) is 0 Å². The molecule has 0 aliphatic rings. The van der Waals surface area contributed by atoms with E-state index in [4.69, 9.17) is 0 Å². The van der Waals surface area contributed by atoms with Crippen LogP contribution < -0.4 is 0 Å². The zero-order valence-corrected chi connectivity index (χ0v) is 11.0. The van der Waals surface area contributed by atoms with Crippen LogP contribution in [0.5, 0.6) is 0 Å². The van der Waals surface area contributed by atoms with Gasteiger partial charge in [0.25, 0.3) is 0 Å². The minimum atomic E-state index is -0.539. The molecule has 0 radical (unpaired) electrons. The largest absolute Gasteiger partial charge is 0.389 e. The van der Waals surface area contributed by atoms with E-state index >= 15 is 0 Å². The van der Waals surface area contributed by atoms with Crippen LogP contribution in [0.2, 0.25) is 0 Å². The molecule has 1 N–H and O–H groups in total. The molecular formula is C11H25NOS. The third kappa shape index (κ3) is 5.89. The summed E-state index contributed by atoms with van der Waals surface area (Å²) in [5.74, 6) is 1.19. The van der Waals surface area contributed by atoms with E-state index in [2.05, 4.69) is 25.1 Å². The predicted molar refractivity (Wildman–Crippen MR) is 66.0 cm³/mol.